The molecule has 164 valence electrons. The molecule has 3 aromatic heterocycles. The maximum Gasteiger partial charge on any atom is 0.291 e. The van der Waals surface area contributed by atoms with Gasteiger partial charge in [0.15, 0.2) is 5.76 Å². The molecule has 32 heavy (non-hydrogen) atoms. The summed E-state index contributed by atoms with van der Waals surface area (Å²) in [6.07, 6.45) is 1.49. The Morgan fingerprint density at radius 2 is 1.91 bits per heavy atom. The maximum atomic E-state index is 12.8. The normalized spacial score (nSPS) is 11.8. The quantitative estimate of drug-likeness (QED) is 0.357. The topological polar surface area (TPSA) is 76.4 Å². The number of carbonyl (C=O) groups is 1. The summed E-state index contributed by atoms with van der Waals surface area (Å²) >= 11 is 1.55. The van der Waals surface area contributed by atoms with Crippen molar-refractivity contribution in [1.29, 1.82) is 0 Å². The van der Waals surface area contributed by atoms with Gasteiger partial charge in [-0.15, -0.1) is 11.3 Å². The average molecular weight is 448 g/mol. The predicted octanol–water partition coefficient (Wildman–Crippen LogP) is 6.12. The first-order valence-electron chi connectivity index (χ1n) is 10.2. The van der Waals surface area contributed by atoms with Crippen LogP contribution < -0.4 is 15.4 Å². The van der Waals surface area contributed by atoms with Gasteiger partial charge in [-0.2, -0.15) is 0 Å². The second-order valence-corrected chi connectivity index (χ2v) is 8.70. The van der Waals surface area contributed by atoms with Crippen molar-refractivity contribution in [2.24, 2.45) is 0 Å². The third-order valence-corrected chi connectivity index (χ3v) is 6.44. The van der Waals surface area contributed by atoms with Crippen LogP contribution in [0.2, 0.25) is 0 Å². The Bertz CT molecular complexity index is 1230. The molecular weight excluding hydrogens is 422 g/mol. The number of carbonyl (C=O) groups excluding carboxylic acids is 1. The summed E-state index contributed by atoms with van der Waals surface area (Å²) in [5.74, 6) is 1.50. The third kappa shape index (κ3) is 4.53. The van der Waals surface area contributed by atoms with Crippen molar-refractivity contribution in [3.05, 3.63) is 93.9 Å². The molecule has 1 atom stereocenters. The molecule has 0 bridgehead atoms. The molecule has 4 aromatic rings. The fourth-order valence-corrected chi connectivity index (χ4v) is 4.67. The van der Waals surface area contributed by atoms with E-state index in [1.165, 1.54) is 6.26 Å². The van der Waals surface area contributed by atoms with Crippen LogP contribution in [0.1, 0.15) is 43.9 Å². The van der Waals surface area contributed by atoms with Crippen LogP contribution in [0.15, 0.2) is 65.3 Å². The molecule has 3 heterocycles. The molecule has 0 spiro atoms. The highest BCUT2D eigenvalue weighted by molar-refractivity contribution is 7.16. The molecule has 7 heteroatoms. The molecule has 0 radical (unpaired) electrons. The van der Waals surface area contributed by atoms with Crippen LogP contribution in [0, 0.1) is 20.8 Å². The van der Waals surface area contributed by atoms with Crippen molar-refractivity contribution in [3.63, 3.8) is 0 Å². The number of nitrogens with zero attached hydrogens (tertiary/aromatic N) is 1. The lowest BCUT2D eigenvalue weighted by Crippen LogP contribution is -2.18. The molecule has 4 rings (SSSR count). The number of ether oxygens (including phenoxy) is 1. The van der Waals surface area contributed by atoms with Gasteiger partial charge in [0.1, 0.15) is 16.6 Å². The molecule has 0 aliphatic rings. The number of methoxy groups -OCH3 is 1. The fourth-order valence-electron chi connectivity index (χ4n) is 3.57. The number of hydrogen-bond donors (Lipinski definition) is 2. The summed E-state index contributed by atoms with van der Waals surface area (Å²) in [5, 5.41) is 7.39. The SMILES string of the molecule is COc1cccc([C@H](Nc2cccc(C)n2)c2c(NC(=O)c3ccco3)sc(C)c2C)c1. The van der Waals surface area contributed by atoms with Crippen molar-refractivity contribution in [3.8, 4) is 5.75 Å². The van der Waals surface area contributed by atoms with E-state index in [0.717, 1.165) is 43.8 Å². The molecule has 0 saturated carbocycles. The van der Waals surface area contributed by atoms with E-state index in [2.05, 4.69) is 29.5 Å². The first-order valence-corrected chi connectivity index (χ1v) is 11.1. The number of pyridine rings is 1. The first kappa shape index (κ1) is 21.6. The van der Waals surface area contributed by atoms with Crippen LogP contribution in [0.4, 0.5) is 10.8 Å². The van der Waals surface area contributed by atoms with Gasteiger partial charge in [0, 0.05) is 16.1 Å². The monoisotopic (exact) mass is 447 g/mol. The summed E-state index contributed by atoms with van der Waals surface area (Å²) in [4.78, 5) is 18.5. The zero-order valence-electron chi connectivity index (χ0n) is 18.4. The van der Waals surface area contributed by atoms with Crippen molar-refractivity contribution >= 4 is 28.1 Å². The summed E-state index contributed by atoms with van der Waals surface area (Å²) in [6, 6.07) is 16.9. The number of furan rings is 1. The summed E-state index contributed by atoms with van der Waals surface area (Å²) < 4.78 is 10.7. The number of thiophene rings is 1. The van der Waals surface area contributed by atoms with E-state index in [0.29, 0.717) is 0 Å². The summed E-state index contributed by atoms with van der Waals surface area (Å²) in [5.41, 5.74) is 4.02. The summed E-state index contributed by atoms with van der Waals surface area (Å²) in [7, 11) is 1.65. The zero-order valence-corrected chi connectivity index (χ0v) is 19.2. The molecule has 1 amide bonds. The van der Waals surface area contributed by atoms with Crippen molar-refractivity contribution in [2.75, 3.05) is 17.7 Å². The minimum absolute atomic E-state index is 0.253. The zero-order chi connectivity index (χ0) is 22.7. The first-order chi connectivity index (χ1) is 15.5. The number of benzene rings is 1. The Labute approximate surface area is 191 Å². The Kier molecular flexibility index (Phi) is 6.28. The Morgan fingerprint density at radius 1 is 1.09 bits per heavy atom. The lowest BCUT2D eigenvalue weighted by Gasteiger charge is -2.23. The molecular formula is C25H25N3O3S. The van der Waals surface area contributed by atoms with Gasteiger partial charge in [-0.1, -0.05) is 18.2 Å². The van der Waals surface area contributed by atoms with Gasteiger partial charge in [0.05, 0.1) is 19.4 Å². The Balaban J connectivity index is 1.80. The minimum atomic E-state index is -0.282. The van der Waals surface area contributed by atoms with Crippen LogP contribution in [-0.4, -0.2) is 18.0 Å². The van der Waals surface area contributed by atoms with Crippen LogP contribution in [0.3, 0.4) is 0 Å². The molecule has 2 N–H and O–H groups in total. The summed E-state index contributed by atoms with van der Waals surface area (Å²) in [6.45, 7) is 6.09. The van der Waals surface area contributed by atoms with Gasteiger partial charge in [0.2, 0.25) is 0 Å². The minimum Gasteiger partial charge on any atom is -0.497 e. The standard InChI is InChI=1S/C25H25N3O3S/c1-15-8-5-12-21(26-15)27-23(18-9-6-10-19(14-18)30-4)22-16(2)17(3)32-25(22)28-24(29)20-11-7-13-31-20/h5-14,23H,1-4H3,(H,26,27)(H,28,29)/t23-/m0/s1. The Morgan fingerprint density at radius 3 is 2.62 bits per heavy atom. The van der Waals surface area contributed by atoms with E-state index < -0.39 is 0 Å². The number of aryl methyl sites for hydroxylation is 2. The van der Waals surface area contributed by atoms with Crippen LogP contribution in [0.25, 0.3) is 0 Å². The van der Waals surface area contributed by atoms with Gasteiger partial charge in [0.25, 0.3) is 5.91 Å². The molecule has 1 aromatic carbocycles. The second-order valence-electron chi connectivity index (χ2n) is 7.48. The number of hydrogen-bond acceptors (Lipinski definition) is 6. The van der Waals surface area contributed by atoms with Gasteiger partial charge in [-0.25, -0.2) is 4.98 Å². The lowest BCUT2D eigenvalue weighted by atomic mass is 9.96. The highest BCUT2D eigenvalue weighted by Crippen LogP contribution is 2.41. The molecule has 0 aliphatic heterocycles. The number of anilines is 2. The fraction of sp³-hybridized carbons (Fsp3) is 0.200. The maximum absolute atomic E-state index is 12.8. The average Bonchev–Trinajstić information content (AvgIpc) is 3.41. The van der Waals surface area contributed by atoms with E-state index >= 15 is 0 Å². The number of rotatable bonds is 7. The van der Waals surface area contributed by atoms with Crippen molar-refractivity contribution in [2.45, 2.75) is 26.8 Å². The molecule has 0 fully saturated rings. The van der Waals surface area contributed by atoms with Gasteiger partial charge < -0.3 is 19.8 Å². The molecule has 0 aliphatic carbocycles. The van der Waals surface area contributed by atoms with Crippen LogP contribution in [0.5, 0.6) is 5.75 Å². The van der Waals surface area contributed by atoms with Gasteiger partial charge >= 0.3 is 0 Å². The molecule has 0 unspecified atom stereocenters. The number of amides is 1. The van der Waals surface area contributed by atoms with E-state index in [1.807, 2.05) is 49.4 Å². The van der Waals surface area contributed by atoms with E-state index in [4.69, 9.17) is 9.15 Å². The van der Waals surface area contributed by atoms with Crippen LogP contribution in [-0.2, 0) is 0 Å². The van der Waals surface area contributed by atoms with E-state index in [1.54, 1.807) is 30.6 Å². The van der Waals surface area contributed by atoms with E-state index in [9.17, 15) is 4.79 Å². The largest absolute Gasteiger partial charge is 0.497 e. The molecule has 0 saturated heterocycles. The lowest BCUT2D eigenvalue weighted by molar-refractivity contribution is 0.0997. The molecule has 6 nitrogen and oxygen atoms in total. The predicted molar refractivity (Wildman–Crippen MR) is 128 cm³/mol. The smallest absolute Gasteiger partial charge is 0.291 e. The number of nitrogens with one attached hydrogen (secondary N) is 2. The van der Waals surface area contributed by atoms with Gasteiger partial charge in [-0.05, 0) is 68.3 Å². The Hall–Kier alpha value is -3.58. The highest BCUT2D eigenvalue weighted by atomic mass is 32.1. The van der Waals surface area contributed by atoms with Crippen molar-refractivity contribution in [1.82, 2.24) is 4.98 Å². The van der Waals surface area contributed by atoms with Gasteiger partial charge in [-0.3, -0.25) is 4.79 Å². The van der Waals surface area contributed by atoms with Crippen LogP contribution >= 0.6 is 11.3 Å². The van der Waals surface area contributed by atoms with E-state index in [-0.39, 0.29) is 17.7 Å². The highest BCUT2D eigenvalue weighted by Gasteiger charge is 2.26. The van der Waals surface area contributed by atoms with Crippen molar-refractivity contribution < 1.29 is 13.9 Å². The second kappa shape index (κ2) is 9.28. The number of aromatic nitrogens is 1. The third-order valence-electron chi connectivity index (χ3n) is 5.30.